The van der Waals surface area contributed by atoms with Gasteiger partial charge in [0.05, 0.1) is 17.1 Å². The number of hydrogen-bond donors (Lipinski definition) is 1. The van der Waals surface area contributed by atoms with E-state index in [1.54, 1.807) is 0 Å². The summed E-state index contributed by atoms with van der Waals surface area (Å²) in [5.41, 5.74) is -1.13. The van der Waals surface area contributed by atoms with Gasteiger partial charge >= 0.3 is 0 Å². The van der Waals surface area contributed by atoms with Gasteiger partial charge in [-0.25, -0.2) is 30.4 Å². The Morgan fingerprint density at radius 2 is 1.52 bits per heavy atom. The van der Waals surface area contributed by atoms with Crippen LogP contribution in [0.15, 0.2) is 35.4 Å². The zero-order valence-electron chi connectivity index (χ0n) is 13.9. The largest absolute Gasteiger partial charge is 0.266 e. The molecule has 0 radical (unpaired) electrons. The summed E-state index contributed by atoms with van der Waals surface area (Å²) in [4.78, 5) is -0.346. The number of hydrogen-bond acceptors (Lipinski definition) is 3. The Morgan fingerprint density at radius 3 is 2.14 bits per heavy atom. The Hall–Kier alpha value is -2.37. The Balaban J connectivity index is 1.88. The van der Waals surface area contributed by atoms with Crippen molar-refractivity contribution in [3.8, 4) is 0 Å². The lowest BCUT2D eigenvalue weighted by molar-refractivity contribution is 0.367. The minimum absolute atomic E-state index is 0.103. The first-order valence-corrected chi connectivity index (χ1v) is 9.77. The standard InChI is InChI=1S/C16H8Cl2F5N3O2S/c17-7-1-2-9(18)10(5-7)29(27,28)25-11-3-4-26(24-11)6-8-12(19)14(21)16(23)15(22)13(8)20/h1-5H,6H2,(H,24,25). The summed E-state index contributed by atoms with van der Waals surface area (Å²) < 4.78 is 94.9. The lowest BCUT2D eigenvalue weighted by Gasteiger charge is -2.09. The molecule has 154 valence electrons. The third kappa shape index (κ3) is 4.16. The second-order valence-electron chi connectivity index (χ2n) is 5.63. The third-order valence-electron chi connectivity index (χ3n) is 3.68. The average Bonchev–Trinajstić information content (AvgIpc) is 3.10. The van der Waals surface area contributed by atoms with Gasteiger partial charge in [0.25, 0.3) is 10.0 Å². The van der Waals surface area contributed by atoms with Crippen molar-refractivity contribution in [3.63, 3.8) is 0 Å². The Labute approximate surface area is 170 Å². The van der Waals surface area contributed by atoms with E-state index in [2.05, 4.69) is 9.82 Å². The van der Waals surface area contributed by atoms with Gasteiger partial charge in [0, 0.05) is 17.3 Å². The Bertz CT molecular complexity index is 1190. The fourth-order valence-electron chi connectivity index (χ4n) is 2.33. The lowest BCUT2D eigenvalue weighted by atomic mass is 10.1. The van der Waals surface area contributed by atoms with Crippen molar-refractivity contribution >= 4 is 39.0 Å². The molecule has 1 aromatic heterocycles. The third-order valence-corrected chi connectivity index (χ3v) is 5.75. The van der Waals surface area contributed by atoms with Crippen LogP contribution in [0.25, 0.3) is 0 Å². The van der Waals surface area contributed by atoms with Crippen LogP contribution in [0.5, 0.6) is 0 Å². The molecule has 0 unspecified atom stereocenters. The molecule has 0 atom stereocenters. The molecule has 0 amide bonds. The summed E-state index contributed by atoms with van der Waals surface area (Å²) in [5, 5.41) is 3.69. The maximum atomic E-state index is 13.8. The summed E-state index contributed by atoms with van der Waals surface area (Å²) in [5.74, 6) is -10.8. The fraction of sp³-hybridized carbons (Fsp3) is 0.0625. The van der Waals surface area contributed by atoms with Crippen LogP contribution in [-0.4, -0.2) is 18.2 Å². The number of aromatic nitrogens is 2. The van der Waals surface area contributed by atoms with Crippen LogP contribution in [0.2, 0.25) is 10.0 Å². The maximum absolute atomic E-state index is 13.8. The van der Waals surface area contributed by atoms with Crippen molar-refractivity contribution in [1.82, 2.24) is 9.78 Å². The number of rotatable bonds is 5. The van der Waals surface area contributed by atoms with Crippen molar-refractivity contribution in [3.05, 3.63) is 75.2 Å². The van der Waals surface area contributed by atoms with Gasteiger partial charge in [-0.3, -0.25) is 9.40 Å². The zero-order chi connectivity index (χ0) is 21.5. The Kier molecular flexibility index (Phi) is 5.74. The van der Waals surface area contributed by atoms with Crippen molar-refractivity contribution < 1.29 is 30.4 Å². The van der Waals surface area contributed by atoms with Gasteiger partial charge in [0.1, 0.15) is 4.90 Å². The highest BCUT2D eigenvalue weighted by molar-refractivity contribution is 7.92. The lowest BCUT2D eigenvalue weighted by Crippen LogP contribution is -2.15. The highest BCUT2D eigenvalue weighted by Gasteiger charge is 2.26. The average molecular weight is 472 g/mol. The van der Waals surface area contributed by atoms with Crippen LogP contribution in [0.1, 0.15) is 5.56 Å². The van der Waals surface area contributed by atoms with E-state index in [0.29, 0.717) is 0 Å². The van der Waals surface area contributed by atoms with Crippen molar-refractivity contribution in [2.45, 2.75) is 11.4 Å². The van der Waals surface area contributed by atoms with Gasteiger partial charge in [-0.15, -0.1) is 0 Å². The van der Waals surface area contributed by atoms with E-state index in [1.165, 1.54) is 12.1 Å². The normalized spacial score (nSPS) is 11.7. The van der Waals surface area contributed by atoms with Crippen LogP contribution in [0, 0.1) is 29.1 Å². The molecule has 0 aliphatic rings. The van der Waals surface area contributed by atoms with E-state index in [4.69, 9.17) is 23.2 Å². The fourth-order valence-corrected chi connectivity index (χ4v) is 4.09. The van der Waals surface area contributed by atoms with Crippen LogP contribution >= 0.6 is 23.2 Å². The number of benzene rings is 2. The zero-order valence-corrected chi connectivity index (χ0v) is 16.2. The molecule has 3 rings (SSSR count). The Morgan fingerprint density at radius 1 is 0.931 bits per heavy atom. The summed E-state index contributed by atoms with van der Waals surface area (Å²) in [6.45, 7) is -0.842. The summed E-state index contributed by atoms with van der Waals surface area (Å²) in [7, 11) is -4.22. The minimum Gasteiger partial charge on any atom is -0.266 e. The molecular weight excluding hydrogens is 464 g/mol. The molecule has 1 heterocycles. The molecule has 3 aromatic rings. The van der Waals surface area contributed by atoms with Crippen molar-refractivity contribution in [2.75, 3.05) is 4.72 Å². The van der Waals surface area contributed by atoms with E-state index < -0.39 is 51.2 Å². The van der Waals surface area contributed by atoms with Gasteiger partial charge in [0.2, 0.25) is 5.82 Å². The maximum Gasteiger partial charge on any atom is 0.264 e. The molecule has 0 aliphatic carbocycles. The second-order valence-corrected chi connectivity index (χ2v) is 8.12. The predicted molar refractivity (Wildman–Crippen MR) is 94.8 cm³/mol. The SMILES string of the molecule is O=S(=O)(Nc1ccn(Cc2c(F)c(F)c(F)c(F)c2F)n1)c1cc(Cl)ccc1Cl. The number of sulfonamides is 1. The molecule has 0 spiro atoms. The molecule has 0 aliphatic heterocycles. The number of nitrogens with one attached hydrogen (secondary N) is 1. The molecule has 0 bridgehead atoms. The van der Waals surface area contributed by atoms with E-state index >= 15 is 0 Å². The van der Waals surface area contributed by atoms with Gasteiger partial charge in [0.15, 0.2) is 29.1 Å². The smallest absolute Gasteiger partial charge is 0.264 e. The molecule has 1 N–H and O–H groups in total. The first kappa shape index (κ1) is 21.3. The number of halogens is 7. The van der Waals surface area contributed by atoms with Crippen LogP contribution in [-0.2, 0) is 16.6 Å². The summed E-state index contributed by atoms with van der Waals surface area (Å²) in [6, 6.07) is 4.85. The van der Waals surface area contributed by atoms with Crippen LogP contribution in [0.4, 0.5) is 27.8 Å². The molecule has 29 heavy (non-hydrogen) atoms. The molecule has 5 nitrogen and oxygen atoms in total. The van der Waals surface area contributed by atoms with E-state index in [1.807, 2.05) is 0 Å². The molecule has 13 heteroatoms. The van der Waals surface area contributed by atoms with Gasteiger partial charge in [-0.05, 0) is 18.2 Å². The molecule has 0 fully saturated rings. The van der Waals surface area contributed by atoms with Crippen molar-refractivity contribution in [2.24, 2.45) is 0 Å². The second kappa shape index (κ2) is 7.81. The molecule has 0 saturated heterocycles. The first-order chi connectivity index (χ1) is 13.5. The van der Waals surface area contributed by atoms with Crippen molar-refractivity contribution in [1.29, 1.82) is 0 Å². The highest BCUT2D eigenvalue weighted by Crippen LogP contribution is 2.27. The van der Waals surface area contributed by atoms with Crippen LogP contribution in [0.3, 0.4) is 0 Å². The highest BCUT2D eigenvalue weighted by atomic mass is 35.5. The minimum atomic E-state index is -4.22. The molecular formula is C16H8Cl2F5N3O2S. The first-order valence-electron chi connectivity index (χ1n) is 7.53. The van der Waals surface area contributed by atoms with E-state index in [-0.39, 0.29) is 20.8 Å². The van der Waals surface area contributed by atoms with E-state index in [0.717, 1.165) is 23.0 Å². The molecule has 0 saturated carbocycles. The molecule has 2 aromatic carbocycles. The van der Waals surface area contributed by atoms with E-state index in [9.17, 15) is 30.4 Å². The number of nitrogens with zero attached hydrogens (tertiary/aromatic N) is 2. The quantitative estimate of drug-likeness (QED) is 0.332. The monoisotopic (exact) mass is 471 g/mol. The summed E-state index contributed by atoms with van der Waals surface area (Å²) >= 11 is 11.6. The topological polar surface area (TPSA) is 64.0 Å². The number of anilines is 1. The summed E-state index contributed by atoms with van der Waals surface area (Å²) in [6.07, 6.45) is 1.08. The van der Waals surface area contributed by atoms with Gasteiger partial charge < -0.3 is 0 Å². The van der Waals surface area contributed by atoms with Gasteiger partial charge in [-0.2, -0.15) is 5.10 Å². The van der Waals surface area contributed by atoms with Gasteiger partial charge in [-0.1, -0.05) is 23.2 Å². The predicted octanol–water partition coefficient (Wildman–Crippen LogP) is 4.73. The van der Waals surface area contributed by atoms with Crippen LogP contribution < -0.4 is 4.72 Å².